The fraction of sp³-hybridized carbons (Fsp3) is 0.538. The van der Waals surface area contributed by atoms with Crippen LogP contribution in [0, 0.1) is 11.2 Å². The number of halogens is 2. The molecule has 1 aromatic carbocycles. The van der Waals surface area contributed by atoms with Crippen molar-refractivity contribution in [2.24, 2.45) is 5.41 Å². The quantitative estimate of drug-likeness (QED) is 0.924. The SMILES string of the molecule is CNC1CC(Oc2ccc(F)cc2Br)C1(C)C. The summed E-state index contributed by atoms with van der Waals surface area (Å²) < 4.78 is 19.6. The van der Waals surface area contributed by atoms with Crippen LogP contribution in [0.5, 0.6) is 5.75 Å². The smallest absolute Gasteiger partial charge is 0.134 e. The third-order valence-electron chi connectivity index (χ3n) is 3.69. The Morgan fingerprint density at radius 1 is 1.47 bits per heavy atom. The topological polar surface area (TPSA) is 21.3 Å². The average molecular weight is 302 g/mol. The number of hydrogen-bond acceptors (Lipinski definition) is 2. The molecule has 2 rings (SSSR count). The molecule has 1 saturated carbocycles. The van der Waals surface area contributed by atoms with Crippen LogP contribution in [0.1, 0.15) is 20.3 Å². The van der Waals surface area contributed by atoms with E-state index in [2.05, 4.69) is 35.1 Å². The third-order valence-corrected chi connectivity index (χ3v) is 4.31. The van der Waals surface area contributed by atoms with Crippen molar-refractivity contribution < 1.29 is 9.13 Å². The molecule has 0 radical (unpaired) electrons. The Bertz CT molecular complexity index is 422. The standard InChI is InChI=1S/C13H17BrFNO/c1-13(2)11(16-3)7-12(13)17-10-5-4-8(15)6-9(10)14/h4-6,11-12,16H,7H2,1-3H3. The van der Waals surface area contributed by atoms with E-state index in [1.165, 1.54) is 12.1 Å². The molecule has 94 valence electrons. The maximum Gasteiger partial charge on any atom is 0.134 e. The average Bonchev–Trinajstić information content (AvgIpc) is 2.26. The minimum atomic E-state index is -0.259. The number of nitrogens with one attached hydrogen (secondary N) is 1. The first kappa shape index (κ1) is 12.8. The molecule has 0 heterocycles. The van der Waals surface area contributed by atoms with E-state index in [0.717, 1.165) is 6.42 Å². The van der Waals surface area contributed by atoms with Gasteiger partial charge in [-0.25, -0.2) is 4.39 Å². The van der Waals surface area contributed by atoms with Gasteiger partial charge in [0.15, 0.2) is 0 Å². The summed E-state index contributed by atoms with van der Waals surface area (Å²) in [5.74, 6) is 0.448. The van der Waals surface area contributed by atoms with Gasteiger partial charge < -0.3 is 10.1 Å². The first-order valence-corrected chi connectivity index (χ1v) is 6.53. The highest BCUT2D eigenvalue weighted by Crippen LogP contribution is 2.43. The van der Waals surface area contributed by atoms with Crippen molar-refractivity contribution in [2.75, 3.05) is 7.05 Å². The maximum atomic E-state index is 13.0. The highest BCUT2D eigenvalue weighted by molar-refractivity contribution is 9.10. The molecule has 0 saturated heterocycles. The molecule has 0 aliphatic heterocycles. The maximum absolute atomic E-state index is 13.0. The summed E-state index contributed by atoms with van der Waals surface area (Å²) in [6.45, 7) is 4.36. The Morgan fingerprint density at radius 2 is 2.18 bits per heavy atom. The van der Waals surface area contributed by atoms with Gasteiger partial charge in [-0.3, -0.25) is 0 Å². The lowest BCUT2D eigenvalue weighted by Gasteiger charge is -2.51. The van der Waals surface area contributed by atoms with Crippen LogP contribution in [0.4, 0.5) is 4.39 Å². The first-order chi connectivity index (χ1) is 7.95. The zero-order valence-corrected chi connectivity index (χ0v) is 11.8. The minimum absolute atomic E-state index is 0.0998. The highest BCUT2D eigenvalue weighted by atomic mass is 79.9. The normalized spacial score (nSPS) is 26.4. The summed E-state index contributed by atoms with van der Waals surface area (Å²) in [5.41, 5.74) is 0.0998. The summed E-state index contributed by atoms with van der Waals surface area (Å²) >= 11 is 3.32. The second-order valence-electron chi connectivity index (χ2n) is 5.08. The predicted octanol–water partition coefficient (Wildman–Crippen LogP) is 3.35. The largest absolute Gasteiger partial charge is 0.489 e. The fourth-order valence-electron chi connectivity index (χ4n) is 2.30. The van der Waals surface area contributed by atoms with Crippen molar-refractivity contribution in [1.29, 1.82) is 0 Å². The molecule has 1 aliphatic carbocycles. The monoisotopic (exact) mass is 301 g/mol. The molecule has 0 amide bonds. The molecule has 2 atom stereocenters. The minimum Gasteiger partial charge on any atom is -0.489 e. The van der Waals surface area contributed by atoms with Gasteiger partial charge in [-0.15, -0.1) is 0 Å². The van der Waals surface area contributed by atoms with Crippen LogP contribution in [-0.4, -0.2) is 19.2 Å². The van der Waals surface area contributed by atoms with Crippen molar-refractivity contribution in [2.45, 2.75) is 32.4 Å². The molecule has 0 bridgehead atoms. The van der Waals surface area contributed by atoms with Gasteiger partial charge in [0.2, 0.25) is 0 Å². The zero-order chi connectivity index (χ0) is 12.6. The molecule has 2 unspecified atom stereocenters. The van der Waals surface area contributed by atoms with Crippen molar-refractivity contribution in [3.05, 3.63) is 28.5 Å². The molecule has 0 aromatic heterocycles. The number of rotatable bonds is 3. The van der Waals surface area contributed by atoms with Gasteiger partial charge in [-0.1, -0.05) is 13.8 Å². The Hall–Kier alpha value is -0.610. The lowest BCUT2D eigenvalue weighted by Crippen LogP contribution is -2.61. The molecule has 17 heavy (non-hydrogen) atoms. The molecule has 1 aliphatic rings. The van der Waals surface area contributed by atoms with Crippen LogP contribution in [-0.2, 0) is 0 Å². The van der Waals surface area contributed by atoms with Gasteiger partial charge in [-0.2, -0.15) is 0 Å². The molecule has 1 fully saturated rings. The number of hydrogen-bond donors (Lipinski definition) is 1. The van der Waals surface area contributed by atoms with Crippen LogP contribution in [0.3, 0.4) is 0 Å². The van der Waals surface area contributed by atoms with Crippen LogP contribution in [0.2, 0.25) is 0 Å². The molecule has 1 N–H and O–H groups in total. The van der Waals surface area contributed by atoms with E-state index in [4.69, 9.17) is 4.74 Å². The van der Waals surface area contributed by atoms with Crippen molar-refractivity contribution >= 4 is 15.9 Å². The van der Waals surface area contributed by atoms with Crippen LogP contribution < -0.4 is 10.1 Å². The second kappa shape index (κ2) is 4.58. The summed E-state index contributed by atoms with van der Waals surface area (Å²) in [6.07, 6.45) is 1.15. The van der Waals surface area contributed by atoms with Crippen molar-refractivity contribution in [1.82, 2.24) is 5.32 Å². The van der Waals surface area contributed by atoms with Gasteiger partial charge in [0.25, 0.3) is 0 Å². The van der Waals surface area contributed by atoms with Crippen LogP contribution in [0.15, 0.2) is 22.7 Å². The van der Waals surface area contributed by atoms with Gasteiger partial charge >= 0.3 is 0 Å². The molecule has 4 heteroatoms. The van der Waals surface area contributed by atoms with E-state index in [9.17, 15) is 4.39 Å². The van der Waals surface area contributed by atoms with Crippen LogP contribution in [0.25, 0.3) is 0 Å². The second-order valence-corrected chi connectivity index (χ2v) is 5.93. The Kier molecular flexibility index (Phi) is 3.46. The molecule has 0 spiro atoms. The van der Waals surface area contributed by atoms with Crippen LogP contribution >= 0.6 is 15.9 Å². The van der Waals surface area contributed by atoms with Crippen molar-refractivity contribution in [3.63, 3.8) is 0 Å². The third kappa shape index (κ3) is 2.33. The van der Waals surface area contributed by atoms with Gasteiger partial charge in [0.05, 0.1) is 4.47 Å². The Morgan fingerprint density at radius 3 is 2.71 bits per heavy atom. The molecular weight excluding hydrogens is 285 g/mol. The van der Waals surface area contributed by atoms with E-state index < -0.39 is 0 Å². The van der Waals surface area contributed by atoms with E-state index >= 15 is 0 Å². The number of benzene rings is 1. The predicted molar refractivity (Wildman–Crippen MR) is 69.8 cm³/mol. The van der Waals surface area contributed by atoms with E-state index in [1.54, 1.807) is 6.07 Å². The Balaban J connectivity index is 2.08. The number of ether oxygens (including phenoxy) is 1. The molecular formula is C13H17BrFNO. The zero-order valence-electron chi connectivity index (χ0n) is 10.3. The lowest BCUT2D eigenvalue weighted by atomic mass is 9.64. The fourth-order valence-corrected chi connectivity index (χ4v) is 2.74. The summed E-state index contributed by atoms with van der Waals surface area (Å²) in [6, 6.07) is 4.99. The Labute approximate surface area is 110 Å². The highest BCUT2D eigenvalue weighted by Gasteiger charge is 2.49. The summed E-state index contributed by atoms with van der Waals surface area (Å²) in [5, 5.41) is 3.28. The first-order valence-electron chi connectivity index (χ1n) is 5.74. The molecule has 2 nitrogen and oxygen atoms in total. The summed E-state index contributed by atoms with van der Waals surface area (Å²) in [4.78, 5) is 0. The summed E-state index contributed by atoms with van der Waals surface area (Å²) in [7, 11) is 1.97. The van der Waals surface area contributed by atoms with Gasteiger partial charge in [-0.05, 0) is 41.2 Å². The van der Waals surface area contributed by atoms with Crippen molar-refractivity contribution in [3.8, 4) is 5.75 Å². The van der Waals surface area contributed by atoms with E-state index in [-0.39, 0.29) is 17.3 Å². The molecule has 1 aromatic rings. The van der Waals surface area contributed by atoms with E-state index in [0.29, 0.717) is 16.3 Å². The van der Waals surface area contributed by atoms with Gasteiger partial charge in [0.1, 0.15) is 17.7 Å². The van der Waals surface area contributed by atoms with Gasteiger partial charge in [0, 0.05) is 17.9 Å². The lowest BCUT2D eigenvalue weighted by molar-refractivity contribution is -0.0524. The van der Waals surface area contributed by atoms with E-state index in [1.807, 2.05) is 7.05 Å².